The molecule has 0 aliphatic rings. The molecule has 0 aromatic carbocycles. The molecule has 0 amide bonds. The van der Waals surface area contributed by atoms with Crippen LogP contribution in [0.2, 0.25) is 5.22 Å². The molecule has 0 atom stereocenters. The van der Waals surface area contributed by atoms with Gasteiger partial charge in [0.25, 0.3) is 0 Å². The van der Waals surface area contributed by atoms with Gasteiger partial charge in [-0.2, -0.15) is 0 Å². The Morgan fingerprint density at radius 1 is 1.43 bits per heavy atom. The molecule has 1 aromatic rings. The fraction of sp³-hybridized carbons (Fsp3) is 0.600. The van der Waals surface area contributed by atoms with Crippen LogP contribution in [0.15, 0.2) is 16.5 Å². The van der Waals surface area contributed by atoms with Crippen LogP contribution in [-0.4, -0.2) is 32.1 Å². The molecule has 0 spiro atoms. The maximum atomic E-state index is 5.64. The van der Waals surface area contributed by atoms with Crippen molar-refractivity contribution >= 4 is 11.6 Å². The van der Waals surface area contributed by atoms with Crippen molar-refractivity contribution < 1.29 is 4.42 Å². The number of halogens is 1. The topological polar surface area (TPSA) is 28.4 Å². The van der Waals surface area contributed by atoms with Crippen molar-refractivity contribution in [2.45, 2.75) is 13.0 Å². The second-order valence-electron chi connectivity index (χ2n) is 3.54. The Hall–Kier alpha value is -0.510. The summed E-state index contributed by atoms with van der Waals surface area (Å²) in [4.78, 5) is 2.17. The average Bonchev–Trinajstić information content (AvgIpc) is 2.50. The molecule has 0 unspecified atom stereocenters. The number of nitrogens with one attached hydrogen (secondary N) is 1. The molecule has 0 aliphatic heterocycles. The van der Waals surface area contributed by atoms with Crippen LogP contribution in [0, 0.1) is 0 Å². The quantitative estimate of drug-likeness (QED) is 0.738. The average molecular weight is 217 g/mol. The van der Waals surface area contributed by atoms with E-state index in [-0.39, 0.29) is 0 Å². The fourth-order valence-electron chi connectivity index (χ4n) is 1.18. The van der Waals surface area contributed by atoms with E-state index in [0.29, 0.717) is 5.22 Å². The van der Waals surface area contributed by atoms with Crippen LogP contribution in [0.3, 0.4) is 0 Å². The third-order valence-electron chi connectivity index (χ3n) is 1.89. The summed E-state index contributed by atoms with van der Waals surface area (Å²) < 4.78 is 5.20. The van der Waals surface area contributed by atoms with E-state index in [2.05, 4.69) is 24.3 Å². The van der Waals surface area contributed by atoms with Gasteiger partial charge in [0.2, 0.25) is 0 Å². The zero-order valence-corrected chi connectivity index (χ0v) is 9.47. The molecule has 0 aliphatic carbocycles. The van der Waals surface area contributed by atoms with Crippen LogP contribution in [-0.2, 0) is 6.54 Å². The van der Waals surface area contributed by atoms with Crippen LogP contribution in [0.4, 0.5) is 0 Å². The first-order valence-corrected chi connectivity index (χ1v) is 5.16. The van der Waals surface area contributed by atoms with Gasteiger partial charge in [0.1, 0.15) is 5.76 Å². The number of hydrogen-bond acceptors (Lipinski definition) is 3. The Labute approximate surface area is 90.0 Å². The minimum absolute atomic E-state index is 0.454. The van der Waals surface area contributed by atoms with E-state index < -0.39 is 0 Å². The Bertz CT molecular complexity index is 260. The van der Waals surface area contributed by atoms with E-state index in [1.807, 2.05) is 6.07 Å². The zero-order chi connectivity index (χ0) is 10.4. The van der Waals surface area contributed by atoms with Gasteiger partial charge in [-0.25, -0.2) is 0 Å². The predicted octanol–water partition coefficient (Wildman–Crippen LogP) is 1.97. The van der Waals surface area contributed by atoms with Gasteiger partial charge in [-0.15, -0.1) is 0 Å². The van der Waals surface area contributed by atoms with Crippen LogP contribution < -0.4 is 5.32 Å². The van der Waals surface area contributed by atoms with Crippen molar-refractivity contribution in [2.75, 3.05) is 27.2 Å². The summed E-state index contributed by atoms with van der Waals surface area (Å²) in [7, 11) is 4.15. The summed E-state index contributed by atoms with van der Waals surface area (Å²) in [5.74, 6) is 0.889. The normalized spacial score (nSPS) is 11.1. The molecule has 1 heterocycles. The molecule has 0 bridgehead atoms. The van der Waals surface area contributed by atoms with Crippen molar-refractivity contribution in [2.24, 2.45) is 0 Å². The van der Waals surface area contributed by atoms with Crippen molar-refractivity contribution in [1.29, 1.82) is 0 Å². The molecule has 1 aromatic heterocycles. The maximum Gasteiger partial charge on any atom is 0.193 e. The minimum atomic E-state index is 0.454. The Balaban J connectivity index is 2.04. The summed E-state index contributed by atoms with van der Waals surface area (Å²) in [5, 5.41) is 3.75. The SMILES string of the molecule is CN(C)CCCNCc1ccc(Cl)o1. The highest BCUT2D eigenvalue weighted by Gasteiger charge is 1.98. The number of furan rings is 1. The largest absolute Gasteiger partial charge is 0.448 e. The monoisotopic (exact) mass is 216 g/mol. The molecule has 1 rings (SSSR count). The van der Waals surface area contributed by atoms with Crippen LogP contribution >= 0.6 is 11.6 Å². The highest BCUT2D eigenvalue weighted by atomic mass is 35.5. The Morgan fingerprint density at radius 3 is 2.79 bits per heavy atom. The van der Waals surface area contributed by atoms with Crippen LogP contribution in [0.1, 0.15) is 12.2 Å². The second-order valence-corrected chi connectivity index (χ2v) is 3.91. The van der Waals surface area contributed by atoms with Gasteiger partial charge in [-0.3, -0.25) is 0 Å². The summed E-state index contributed by atoms with van der Waals surface area (Å²) in [6, 6.07) is 3.65. The van der Waals surface area contributed by atoms with E-state index in [1.54, 1.807) is 6.07 Å². The molecule has 0 saturated heterocycles. The lowest BCUT2D eigenvalue weighted by Gasteiger charge is -2.08. The first-order valence-electron chi connectivity index (χ1n) is 4.78. The van der Waals surface area contributed by atoms with Gasteiger partial charge in [0.15, 0.2) is 5.22 Å². The second kappa shape index (κ2) is 6.06. The van der Waals surface area contributed by atoms with Crippen molar-refractivity contribution in [3.8, 4) is 0 Å². The molecule has 0 saturated carbocycles. The molecule has 3 nitrogen and oxygen atoms in total. The zero-order valence-electron chi connectivity index (χ0n) is 8.72. The minimum Gasteiger partial charge on any atom is -0.448 e. The molecule has 14 heavy (non-hydrogen) atoms. The van der Waals surface area contributed by atoms with E-state index in [9.17, 15) is 0 Å². The lowest BCUT2D eigenvalue weighted by molar-refractivity contribution is 0.390. The van der Waals surface area contributed by atoms with E-state index in [1.165, 1.54) is 0 Å². The number of rotatable bonds is 6. The maximum absolute atomic E-state index is 5.64. The smallest absolute Gasteiger partial charge is 0.193 e. The predicted molar refractivity (Wildman–Crippen MR) is 58.6 cm³/mol. The highest BCUT2D eigenvalue weighted by molar-refractivity contribution is 6.28. The summed E-state index contributed by atoms with van der Waals surface area (Å²) in [5.41, 5.74) is 0. The number of hydrogen-bond donors (Lipinski definition) is 1. The molecular weight excluding hydrogens is 200 g/mol. The molecular formula is C10H17ClN2O. The van der Waals surface area contributed by atoms with Gasteiger partial charge in [0.05, 0.1) is 6.54 Å². The fourth-order valence-corrected chi connectivity index (χ4v) is 1.34. The number of nitrogens with zero attached hydrogens (tertiary/aromatic N) is 1. The van der Waals surface area contributed by atoms with Gasteiger partial charge in [0, 0.05) is 0 Å². The van der Waals surface area contributed by atoms with Crippen molar-refractivity contribution in [3.63, 3.8) is 0 Å². The molecule has 0 fully saturated rings. The van der Waals surface area contributed by atoms with Gasteiger partial charge in [-0.1, -0.05) is 0 Å². The standard InChI is InChI=1S/C10H17ClN2O/c1-13(2)7-3-6-12-8-9-4-5-10(11)14-9/h4-5,12H,3,6-8H2,1-2H3. The molecule has 80 valence electrons. The van der Waals surface area contributed by atoms with E-state index in [0.717, 1.165) is 31.8 Å². The van der Waals surface area contributed by atoms with E-state index >= 15 is 0 Å². The summed E-state index contributed by atoms with van der Waals surface area (Å²) in [6.45, 7) is 2.85. The van der Waals surface area contributed by atoms with Gasteiger partial charge < -0.3 is 14.6 Å². The molecule has 4 heteroatoms. The van der Waals surface area contributed by atoms with Crippen LogP contribution in [0.25, 0.3) is 0 Å². The molecule has 1 N–H and O–H groups in total. The van der Waals surface area contributed by atoms with Crippen molar-refractivity contribution in [3.05, 3.63) is 23.1 Å². The molecule has 0 radical (unpaired) electrons. The van der Waals surface area contributed by atoms with Gasteiger partial charge >= 0.3 is 0 Å². The Morgan fingerprint density at radius 2 is 2.21 bits per heavy atom. The van der Waals surface area contributed by atoms with E-state index in [4.69, 9.17) is 16.0 Å². The lowest BCUT2D eigenvalue weighted by Crippen LogP contribution is -2.20. The third kappa shape index (κ3) is 4.65. The first kappa shape index (κ1) is 11.6. The summed E-state index contributed by atoms with van der Waals surface area (Å²) in [6.07, 6.45) is 1.14. The van der Waals surface area contributed by atoms with Crippen molar-refractivity contribution in [1.82, 2.24) is 10.2 Å². The van der Waals surface area contributed by atoms with Crippen LogP contribution in [0.5, 0.6) is 0 Å². The summed E-state index contributed by atoms with van der Waals surface area (Å²) >= 11 is 5.64. The first-order chi connectivity index (χ1) is 6.68. The third-order valence-corrected chi connectivity index (χ3v) is 2.09. The van der Waals surface area contributed by atoms with Gasteiger partial charge in [-0.05, 0) is 57.3 Å². The lowest BCUT2D eigenvalue weighted by atomic mass is 10.4. The highest BCUT2D eigenvalue weighted by Crippen LogP contribution is 2.12. The Kier molecular flexibility index (Phi) is 5.01.